The predicted octanol–water partition coefficient (Wildman–Crippen LogP) is 3.07. The Morgan fingerprint density at radius 2 is 2.41 bits per heavy atom. The maximum atomic E-state index is 12.0. The Balaban J connectivity index is 1.55. The average Bonchev–Trinajstić information content (AvgIpc) is 3.01. The van der Waals surface area contributed by atoms with Crippen LogP contribution < -0.4 is 10.6 Å². The fraction of sp³-hybridized carbons (Fsp3) is 0.333. The van der Waals surface area contributed by atoms with Crippen LogP contribution in [0.2, 0.25) is 5.02 Å². The molecule has 0 radical (unpaired) electrons. The molecule has 1 atom stereocenters. The van der Waals surface area contributed by atoms with Gasteiger partial charge in [-0.2, -0.15) is 0 Å². The Morgan fingerprint density at radius 3 is 3.23 bits per heavy atom. The SMILES string of the molecule is O=C(NCCn1ccnc1)NC1CCSc2ccc(Cl)cc21. The number of fused-ring (bicyclic) bond motifs is 1. The van der Waals surface area contributed by atoms with Crippen LogP contribution in [0.3, 0.4) is 0 Å². The molecule has 7 heteroatoms. The Labute approximate surface area is 138 Å². The fourth-order valence-corrected chi connectivity index (χ4v) is 3.73. The van der Waals surface area contributed by atoms with E-state index in [2.05, 4.69) is 15.6 Å². The number of aromatic nitrogens is 2. The van der Waals surface area contributed by atoms with Crippen molar-refractivity contribution in [2.75, 3.05) is 12.3 Å². The molecule has 0 fully saturated rings. The van der Waals surface area contributed by atoms with Crippen molar-refractivity contribution in [1.82, 2.24) is 20.2 Å². The number of imidazole rings is 1. The number of carbonyl (C=O) groups is 1. The van der Waals surface area contributed by atoms with Gasteiger partial charge in [0.15, 0.2) is 0 Å². The van der Waals surface area contributed by atoms with Gasteiger partial charge in [-0.3, -0.25) is 0 Å². The number of carbonyl (C=O) groups excluding carboxylic acids is 1. The van der Waals surface area contributed by atoms with Crippen LogP contribution in [0.4, 0.5) is 4.79 Å². The summed E-state index contributed by atoms with van der Waals surface area (Å²) in [6, 6.07) is 5.72. The third-order valence-corrected chi connectivity index (χ3v) is 4.89. The molecule has 1 aromatic heterocycles. The molecule has 22 heavy (non-hydrogen) atoms. The number of hydrogen-bond donors (Lipinski definition) is 2. The highest BCUT2D eigenvalue weighted by Crippen LogP contribution is 2.37. The van der Waals surface area contributed by atoms with Crippen molar-refractivity contribution in [3.8, 4) is 0 Å². The fourth-order valence-electron chi connectivity index (χ4n) is 2.44. The summed E-state index contributed by atoms with van der Waals surface area (Å²) in [6.07, 6.45) is 6.24. The van der Waals surface area contributed by atoms with E-state index in [0.29, 0.717) is 18.1 Å². The highest BCUT2D eigenvalue weighted by atomic mass is 35.5. The topological polar surface area (TPSA) is 59.0 Å². The largest absolute Gasteiger partial charge is 0.336 e. The number of thioether (sulfide) groups is 1. The summed E-state index contributed by atoms with van der Waals surface area (Å²) >= 11 is 7.88. The first-order valence-electron chi connectivity index (χ1n) is 7.15. The van der Waals surface area contributed by atoms with Crippen molar-refractivity contribution in [2.45, 2.75) is 23.9 Å². The molecule has 1 unspecified atom stereocenters. The van der Waals surface area contributed by atoms with Crippen LogP contribution in [-0.4, -0.2) is 27.9 Å². The van der Waals surface area contributed by atoms with Crippen LogP contribution in [0, 0.1) is 0 Å². The zero-order chi connectivity index (χ0) is 15.4. The van der Waals surface area contributed by atoms with E-state index in [1.165, 1.54) is 4.90 Å². The molecule has 3 rings (SSSR count). The molecule has 2 amide bonds. The first-order valence-corrected chi connectivity index (χ1v) is 8.51. The zero-order valence-corrected chi connectivity index (χ0v) is 13.5. The van der Waals surface area contributed by atoms with E-state index < -0.39 is 0 Å². The van der Waals surface area contributed by atoms with Crippen molar-refractivity contribution < 1.29 is 4.79 Å². The van der Waals surface area contributed by atoms with E-state index in [1.807, 2.05) is 29.0 Å². The summed E-state index contributed by atoms with van der Waals surface area (Å²) < 4.78 is 1.92. The minimum atomic E-state index is -0.150. The summed E-state index contributed by atoms with van der Waals surface area (Å²) in [4.78, 5) is 17.2. The van der Waals surface area contributed by atoms with Crippen LogP contribution >= 0.6 is 23.4 Å². The number of rotatable bonds is 4. The third-order valence-electron chi connectivity index (χ3n) is 3.53. The van der Waals surface area contributed by atoms with Gasteiger partial charge in [-0.25, -0.2) is 9.78 Å². The monoisotopic (exact) mass is 336 g/mol. The van der Waals surface area contributed by atoms with Crippen molar-refractivity contribution in [2.24, 2.45) is 0 Å². The number of urea groups is 1. The highest BCUT2D eigenvalue weighted by Gasteiger charge is 2.22. The van der Waals surface area contributed by atoms with Gasteiger partial charge >= 0.3 is 6.03 Å². The van der Waals surface area contributed by atoms with Crippen molar-refractivity contribution in [3.05, 3.63) is 47.5 Å². The van der Waals surface area contributed by atoms with Crippen LogP contribution in [0.5, 0.6) is 0 Å². The molecule has 0 saturated carbocycles. The van der Waals surface area contributed by atoms with Gasteiger partial charge in [-0.05, 0) is 30.2 Å². The van der Waals surface area contributed by atoms with Gasteiger partial charge in [0, 0.05) is 41.2 Å². The molecule has 2 N–H and O–H groups in total. The van der Waals surface area contributed by atoms with E-state index in [-0.39, 0.29) is 12.1 Å². The number of nitrogens with zero attached hydrogens (tertiary/aromatic N) is 2. The molecule has 1 aliphatic heterocycles. The normalized spacial score (nSPS) is 16.9. The molecular weight excluding hydrogens is 320 g/mol. The molecule has 5 nitrogen and oxygen atoms in total. The van der Waals surface area contributed by atoms with Gasteiger partial charge < -0.3 is 15.2 Å². The predicted molar refractivity (Wildman–Crippen MR) is 88.3 cm³/mol. The van der Waals surface area contributed by atoms with Gasteiger partial charge in [0.05, 0.1) is 12.4 Å². The lowest BCUT2D eigenvalue weighted by atomic mass is 10.0. The number of benzene rings is 1. The van der Waals surface area contributed by atoms with E-state index >= 15 is 0 Å². The van der Waals surface area contributed by atoms with E-state index in [0.717, 1.165) is 17.7 Å². The number of halogens is 1. The minimum Gasteiger partial charge on any atom is -0.336 e. The van der Waals surface area contributed by atoms with Crippen LogP contribution in [0.1, 0.15) is 18.0 Å². The Morgan fingerprint density at radius 1 is 1.50 bits per heavy atom. The molecule has 2 aromatic rings. The maximum absolute atomic E-state index is 12.0. The van der Waals surface area contributed by atoms with Gasteiger partial charge in [0.2, 0.25) is 0 Å². The van der Waals surface area contributed by atoms with Gasteiger partial charge in [-0.1, -0.05) is 11.6 Å². The van der Waals surface area contributed by atoms with Crippen molar-refractivity contribution in [1.29, 1.82) is 0 Å². The molecular formula is C15H17ClN4OS. The van der Waals surface area contributed by atoms with E-state index in [4.69, 9.17) is 11.6 Å². The average molecular weight is 337 g/mol. The van der Waals surface area contributed by atoms with Gasteiger partial charge in [0.25, 0.3) is 0 Å². The Hall–Kier alpha value is -1.66. The number of hydrogen-bond acceptors (Lipinski definition) is 3. The first kappa shape index (κ1) is 15.2. The summed E-state index contributed by atoms with van der Waals surface area (Å²) in [6.45, 7) is 1.27. The first-order chi connectivity index (χ1) is 10.7. The second-order valence-electron chi connectivity index (χ2n) is 5.07. The summed E-state index contributed by atoms with van der Waals surface area (Å²) in [5, 5.41) is 6.61. The lowest BCUT2D eigenvalue weighted by Gasteiger charge is -2.26. The number of amides is 2. The van der Waals surface area contributed by atoms with Crippen molar-refractivity contribution in [3.63, 3.8) is 0 Å². The smallest absolute Gasteiger partial charge is 0.315 e. The second-order valence-corrected chi connectivity index (χ2v) is 6.65. The Bertz CT molecular complexity index is 647. The van der Waals surface area contributed by atoms with Crippen LogP contribution in [-0.2, 0) is 6.54 Å². The highest BCUT2D eigenvalue weighted by molar-refractivity contribution is 7.99. The van der Waals surface area contributed by atoms with Gasteiger partial charge in [0.1, 0.15) is 0 Å². The molecule has 1 aliphatic rings. The lowest BCUT2D eigenvalue weighted by molar-refractivity contribution is 0.236. The molecule has 0 saturated heterocycles. The standard InChI is InChI=1S/C15H17ClN4OS/c16-11-1-2-14-12(9-11)13(3-8-22-14)19-15(21)18-5-7-20-6-4-17-10-20/h1-2,4,6,9-10,13H,3,5,7-8H2,(H2,18,19,21). The maximum Gasteiger partial charge on any atom is 0.315 e. The third kappa shape index (κ3) is 3.75. The minimum absolute atomic E-state index is 0.0168. The molecule has 0 spiro atoms. The zero-order valence-electron chi connectivity index (χ0n) is 12.0. The molecule has 2 heterocycles. The second kappa shape index (κ2) is 7.07. The molecule has 116 valence electrons. The summed E-state index contributed by atoms with van der Waals surface area (Å²) in [7, 11) is 0. The molecule has 1 aromatic carbocycles. The van der Waals surface area contributed by atoms with E-state index in [1.54, 1.807) is 24.3 Å². The summed E-state index contributed by atoms with van der Waals surface area (Å²) in [5.41, 5.74) is 1.11. The van der Waals surface area contributed by atoms with E-state index in [9.17, 15) is 4.79 Å². The summed E-state index contributed by atoms with van der Waals surface area (Å²) in [5.74, 6) is 0.995. The molecule has 0 aliphatic carbocycles. The van der Waals surface area contributed by atoms with Gasteiger partial charge in [-0.15, -0.1) is 11.8 Å². The Kier molecular flexibility index (Phi) is 4.90. The van der Waals surface area contributed by atoms with Crippen LogP contribution in [0.15, 0.2) is 41.8 Å². The van der Waals surface area contributed by atoms with Crippen LogP contribution in [0.25, 0.3) is 0 Å². The quantitative estimate of drug-likeness (QED) is 0.902. The lowest BCUT2D eigenvalue weighted by Crippen LogP contribution is -2.40. The molecule has 0 bridgehead atoms. The number of nitrogens with one attached hydrogen (secondary N) is 2. The van der Waals surface area contributed by atoms with Crippen molar-refractivity contribution >= 4 is 29.4 Å².